The van der Waals surface area contributed by atoms with Gasteiger partial charge in [0.15, 0.2) is 0 Å². The highest BCUT2D eigenvalue weighted by Gasteiger charge is 2.40. The summed E-state index contributed by atoms with van der Waals surface area (Å²) in [5.41, 5.74) is 0.837. The zero-order chi connectivity index (χ0) is 18.5. The molecule has 0 bridgehead atoms. The lowest BCUT2D eigenvalue weighted by Gasteiger charge is -2.23. The Bertz CT molecular complexity index is 784. The first-order chi connectivity index (χ1) is 12.5. The van der Waals surface area contributed by atoms with Crippen molar-refractivity contribution in [2.75, 3.05) is 11.9 Å². The molecule has 2 aromatic carbocycles. The fraction of sp³-hybridized carbons (Fsp3) is 0.263. The van der Waals surface area contributed by atoms with Gasteiger partial charge in [-0.1, -0.05) is 42.5 Å². The highest BCUT2D eigenvalue weighted by atomic mass is 19.1. The number of nitrogens with zero attached hydrogens (tertiary/aromatic N) is 1. The zero-order valence-corrected chi connectivity index (χ0v) is 14.0. The zero-order valence-electron chi connectivity index (χ0n) is 14.0. The molecule has 2 amide bonds. The number of hydrogen-bond acceptors (Lipinski definition) is 4. The van der Waals surface area contributed by atoms with Crippen molar-refractivity contribution in [2.45, 2.75) is 25.2 Å². The van der Waals surface area contributed by atoms with Crippen LogP contribution in [0.25, 0.3) is 0 Å². The highest BCUT2D eigenvalue weighted by Crippen LogP contribution is 2.22. The number of likely N-dealkylation sites (tertiary alicyclic amines) is 1. The first-order valence-corrected chi connectivity index (χ1v) is 8.25. The van der Waals surface area contributed by atoms with E-state index in [2.05, 4.69) is 5.32 Å². The number of ether oxygens (including phenoxy) is 1. The van der Waals surface area contributed by atoms with E-state index in [1.165, 1.54) is 23.1 Å². The summed E-state index contributed by atoms with van der Waals surface area (Å²) in [6, 6.07) is 14.0. The number of carbonyl (C=O) groups is 2. The molecule has 1 saturated heterocycles. The third-order valence-electron chi connectivity index (χ3n) is 4.15. The van der Waals surface area contributed by atoms with Crippen molar-refractivity contribution in [1.82, 2.24) is 4.90 Å². The number of halogens is 1. The molecule has 0 aliphatic carbocycles. The van der Waals surface area contributed by atoms with Crippen molar-refractivity contribution >= 4 is 17.7 Å². The Hall–Kier alpha value is -2.93. The maximum absolute atomic E-state index is 13.7. The fourth-order valence-electron chi connectivity index (χ4n) is 2.84. The number of anilines is 1. The van der Waals surface area contributed by atoms with E-state index in [1.54, 1.807) is 6.07 Å². The van der Waals surface area contributed by atoms with Gasteiger partial charge in [-0.05, 0) is 17.7 Å². The summed E-state index contributed by atoms with van der Waals surface area (Å²) in [6.07, 6.45) is -1.46. The molecule has 1 fully saturated rings. The summed E-state index contributed by atoms with van der Waals surface area (Å²) in [6.45, 7) is 0.0525. The maximum atomic E-state index is 13.7. The van der Waals surface area contributed by atoms with Gasteiger partial charge >= 0.3 is 6.09 Å². The van der Waals surface area contributed by atoms with Crippen LogP contribution in [-0.4, -0.2) is 40.7 Å². The van der Waals surface area contributed by atoms with E-state index >= 15 is 0 Å². The van der Waals surface area contributed by atoms with Crippen LogP contribution < -0.4 is 5.32 Å². The van der Waals surface area contributed by atoms with Crippen molar-refractivity contribution in [2.24, 2.45) is 0 Å². The van der Waals surface area contributed by atoms with Crippen LogP contribution in [0.5, 0.6) is 0 Å². The van der Waals surface area contributed by atoms with Gasteiger partial charge in [-0.25, -0.2) is 9.18 Å². The summed E-state index contributed by atoms with van der Waals surface area (Å²) < 4.78 is 18.9. The average Bonchev–Trinajstić information content (AvgIpc) is 3.04. The van der Waals surface area contributed by atoms with Crippen LogP contribution in [0.15, 0.2) is 54.6 Å². The number of aliphatic hydroxyl groups excluding tert-OH is 1. The molecule has 2 atom stereocenters. The minimum Gasteiger partial charge on any atom is -0.445 e. The van der Waals surface area contributed by atoms with Crippen molar-refractivity contribution < 1.29 is 23.8 Å². The van der Waals surface area contributed by atoms with Gasteiger partial charge in [0.2, 0.25) is 5.91 Å². The number of carbonyl (C=O) groups excluding carboxylic acids is 2. The third kappa shape index (κ3) is 4.18. The van der Waals surface area contributed by atoms with Crippen LogP contribution >= 0.6 is 0 Å². The topological polar surface area (TPSA) is 78.9 Å². The van der Waals surface area contributed by atoms with Crippen LogP contribution in [-0.2, 0) is 16.1 Å². The minimum atomic E-state index is -0.923. The van der Waals surface area contributed by atoms with E-state index in [0.717, 1.165) is 5.56 Å². The van der Waals surface area contributed by atoms with E-state index in [-0.39, 0.29) is 25.3 Å². The lowest BCUT2D eigenvalue weighted by atomic mass is 10.2. The van der Waals surface area contributed by atoms with Gasteiger partial charge in [0.1, 0.15) is 18.5 Å². The number of aliphatic hydroxyl groups is 1. The molecule has 26 heavy (non-hydrogen) atoms. The number of amides is 2. The van der Waals surface area contributed by atoms with Crippen LogP contribution in [0.4, 0.5) is 14.9 Å². The van der Waals surface area contributed by atoms with Crippen LogP contribution in [0.1, 0.15) is 12.0 Å². The van der Waals surface area contributed by atoms with Gasteiger partial charge in [-0.2, -0.15) is 0 Å². The number of nitrogens with one attached hydrogen (secondary N) is 1. The fourth-order valence-corrected chi connectivity index (χ4v) is 2.84. The molecule has 0 spiro atoms. The Morgan fingerprint density at radius 1 is 1.15 bits per heavy atom. The molecule has 136 valence electrons. The molecule has 6 nitrogen and oxygen atoms in total. The molecule has 2 aromatic rings. The quantitative estimate of drug-likeness (QED) is 0.880. The van der Waals surface area contributed by atoms with Crippen LogP contribution in [0, 0.1) is 5.82 Å². The molecule has 0 aromatic heterocycles. The van der Waals surface area contributed by atoms with Gasteiger partial charge < -0.3 is 15.2 Å². The smallest absolute Gasteiger partial charge is 0.410 e. The molecule has 0 saturated carbocycles. The number of β-amino-alcohol motifs (C(OH)–C–C–N with tert-alkyl or cyclic N) is 1. The Balaban J connectivity index is 1.65. The largest absolute Gasteiger partial charge is 0.445 e. The summed E-state index contributed by atoms with van der Waals surface area (Å²) in [5, 5.41) is 12.3. The second-order valence-electron chi connectivity index (χ2n) is 6.07. The molecule has 3 rings (SSSR count). The second kappa shape index (κ2) is 7.97. The molecule has 1 heterocycles. The van der Waals surface area contributed by atoms with E-state index in [0.29, 0.717) is 0 Å². The second-order valence-corrected chi connectivity index (χ2v) is 6.07. The lowest BCUT2D eigenvalue weighted by molar-refractivity contribution is -0.120. The SMILES string of the molecule is O=C(Nc1ccccc1F)[C@@H]1C[C@H](O)CN1C(=O)OCc1ccccc1. The Kier molecular flexibility index (Phi) is 5.48. The third-order valence-corrected chi connectivity index (χ3v) is 4.15. The summed E-state index contributed by atoms with van der Waals surface area (Å²) in [7, 11) is 0. The van der Waals surface area contributed by atoms with Gasteiger partial charge in [-0.3, -0.25) is 9.69 Å². The minimum absolute atomic E-state index is 0.0109. The molecule has 2 N–H and O–H groups in total. The first-order valence-electron chi connectivity index (χ1n) is 8.25. The first kappa shape index (κ1) is 17.9. The summed E-state index contributed by atoms with van der Waals surface area (Å²) in [4.78, 5) is 26.0. The van der Waals surface area contributed by atoms with Gasteiger partial charge in [0.25, 0.3) is 0 Å². The lowest BCUT2D eigenvalue weighted by Crippen LogP contribution is -2.43. The molecule has 0 unspecified atom stereocenters. The predicted molar refractivity (Wildman–Crippen MR) is 92.8 cm³/mol. The normalized spacial score (nSPS) is 19.2. The summed E-state index contributed by atoms with van der Waals surface area (Å²) >= 11 is 0. The monoisotopic (exact) mass is 358 g/mol. The molecule has 0 radical (unpaired) electrons. The predicted octanol–water partition coefficient (Wildman–Crippen LogP) is 2.54. The Morgan fingerprint density at radius 2 is 1.85 bits per heavy atom. The molecular formula is C19H19FN2O4. The van der Waals surface area contributed by atoms with Gasteiger partial charge in [-0.15, -0.1) is 0 Å². The standard InChI is InChI=1S/C19H19FN2O4/c20-15-8-4-5-9-16(15)21-18(24)17-10-14(23)11-22(17)19(25)26-12-13-6-2-1-3-7-13/h1-9,14,17,23H,10-12H2,(H,21,24)/t14-,17-/m0/s1. The average molecular weight is 358 g/mol. The van der Waals surface area contributed by atoms with E-state index < -0.39 is 30.0 Å². The van der Waals surface area contributed by atoms with Crippen molar-refractivity contribution in [1.29, 1.82) is 0 Å². The van der Waals surface area contributed by atoms with Crippen molar-refractivity contribution in [3.8, 4) is 0 Å². The molecule has 1 aliphatic heterocycles. The Morgan fingerprint density at radius 3 is 2.58 bits per heavy atom. The molecule has 7 heteroatoms. The number of rotatable bonds is 4. The van der Waals surface area contributed by atoms with Gasteiger partial charge in [0, 0.05) is 6.42 Å². The number of benzene rings is 2. The van der Waals surface area contributed by atoms with Crippen LogP contribution in [0.2, 0.25) is 0 Å². The maximum Gasteiger partial charge on any atom is 0.410 e. The molecular weight excluding hydrogens is 339 g/mol. The van der Waals surface area contributed by atoms with E-state index in [4.69, 9.17) is 4.74 Å². The van der Waals surface area contributed by atoms with Gasteiger partial charge in [0.05, 0.1) is 18.3 Å². The Labute approximate surface area is 150 Å². The van der Waals surface area contributed by atoms with Crippen molar-refractivity contribution in [3.63, 3.8) is 0 Å². The highest BCUT2D eigenvalue weighted by molar-refractivity contribution is 5.97. The molecule has 1 aliphatic rings. The summed E-state index contributed by atoms with van der Waals surface area (Å²) in [5.74, 6) is -1.14. The number of para-hydroxylation sites is 1. The number of hydrogen-bond donors (Lipinski definition) is 2. The van der Waals surface area contributed by atoms with Crippen molar-refractivity contribution in [3.05, 3.63) is 66.0 Å². The van der Waals surface area contributed by atoms with E-state index in [1.807, 2.05) is 30.3 Å². The van der Waals surface area contributed by atoms with E-state index in [9.17, 15) is 19.1 Å². The van der Waals surface area contributed by atoms with Crippen LogP contribution in [0.3, 0.4) is 0 Å².